The average molecular weight is 236 g/mol. The second-order valence-electron chi connectivity index (χ2n) is 3.02. The van der Waals surface area contributed by atoms with Crippen LogP contribution in [0.3, 0.4) is 0 Å². The van der Waals surface area contributed by atoms with E-state index in [9.17, 15) is 9.59 Å². The van der Waals surface area contributed by atoms with Crippen LogP contribution in [0.15, 0.2) is 0 Å². The first-order valence-corrected chi connectivity index (χ1v) is 4.96. The predicted molar refractivity (Wildman–Crippen MR) is 56.6 cm³/mol. The molecule has 0 bridgehead atoms. The molecule has 0 rings (SSSR count). The van der Waals surface area contributed by atoms with Crippen LogP contribution in [0.2, 0.25) is 0 Å². The zero-order chi connectivity index (χ0) is 13.0. The van der Waals surface area contributed by atoms with Crippen LogP contribution in [-0.2, 0) is 19.1 Å². The molecule has 96 valence electrons. The Morgan fingerprint density at radius 1 is 1.19 bits per heavy atom. The summed E-state index contributed by atoms with van der Waals surface area (Å²) in [6.45, 7) is 4.57. The van der Waals surface area contributed by atoms with Gasteiger partial charge in [-0.3, -0.25) is 9.59 Å². The molecular formula is C10H20O6. The molecule has 0 aliphatic heterocycles. The van der Waals surface area contributed by atoms with Gasteiger partial charge in [-0.2, -0.15) is 0 Å². The third-order valence-electron chi connectivity index (χ3n) is 1.23. The Kier molecular flexibility index (Phi) is 12.9. The van der Waals surface area contributed by atoms with Crippen LogP contribution < -0.4 is 0 Å². The maximum absolute atomic E-state index is 10.1. The van der Waals surface area contributed by atoms with E-state index in [1.807, 2.05) is 0 Å². The Bertz CT molecular complexity index is 192. The number of aliphatic hydroxyl groups is 2. The lowest BCUT2D eigenvalue weighted by Gasteiger charge is -2.05. The summed E-state index contributed by atoms with van der Waals surface area (Å²) in [6, 6.07) is 0. The molecular weight excluding hydrogens is 216 g/mol. The van der Waals surface area contributed by atoms with Crippen LogP contribution in [0.1, 0.15) is 27.2 Å². The van der Waals surface area contributed by atoms with Gasteiger partial charge in [0.25, 0.3) is 0 Å². The lowest BCUT2D eigenvalue weighted by molar-refractivity contribution is -0.147. The molecule has 2 N–H and O–H groups in total. The van der Waals surface area contributed by atoms with E-state index in [2.05, 4.69) is 9.47 Å². The molecule has 0 radical (unpaired) electrons. The quantitative estimate of drug-likeness (QED) is 0.510. The van der Waals surface area contributed by atoms with Crippen LogP contribution in [0.4, 0.5) is 0 Å². The zero-order valence-electron chi connectivity index (χ0n) is 9.93. The third-order valence-corrected chi connectivity index (χ3v) is 1.23. The molecule has 0 heterocycles. The Labute approximate surface area is 95.2 Å². The summed E-state index contributed by atoms with van der Waals surface area (Å²) in [7, 11) is 0. The smallest absolute Gasteiger partial charge is 0.302 e. The standard InChI is InChI=1S/2C5H10O3/c1-4(3-6)8-5(2)7;1-5(7)8-4-2-3-6/h4,6H,3H2,1-2H3;6H,2-4H2,1H3. The van der Waals surface area contributed by atoms with E-state index in [1.165, 1.54) is 13.8 Å². The number of esters is 2. The summed E-state index contributed by atoms with van der Waals surface area (Å²) >= 11 is 0. The first-order chi connectivity index (χ1) is 7.43. The maximum Gasteiger partial charge on any atom is 0.302 e. The monoisotopic (exact) mass is 236 g/mol. The molecule has 0 aliphatic rings. The highest BCUT2D eigenvalue weighted by atomic mass is 16.5. The van der Waals surface area contributed by atoms with Crippen molar-refractivity contribution in [2.24, 2.45) is 0 Å². The fourth-order valence-electron chi connectivity index (χ4n) is 0.601. The summed E-state index contributed by atoms with van der Waals surface area (Å²) in [4.78, 5) is 20.1. The fraction of sp³-hybridized carbons (Fsp3) is 0.800. The topological polar surface area (TPSA) is 93.1 Å². The third kappa shape index (κ3) is 18.6. The van der Waals surface area contributed by atoms with E-state index in [1.54, 1.807) is 6.92 Å². The number of aliphatic hydroxyl groups excluding tert-OH is 2. The highest BCUT2D eigenvalue weighted by Crippen LogP contribution is 1.87. The van der Waals surface area contributed by atoms with Gasteiger partial charge < -0.3 is 19.7 Å². The van der Waals surface area contributed by atoms with Crippen molar-refractivity contribution in [2.45, 2.75) is 33.3 Å². The van der Waals surface area contributed by atoms with Gasteiger partial charge >= 0.3 is 11.9 Å². The lowest BCUT2D eigenvalue weighted by atomic mass is 10.4. The van der Waals surface area contributed by atoms with Gasteiger partial charge in [0.2, 0.25) is 0 Å². The summed E-state index contributed by atoms with van der Waals surface area (Å²) in [5.41, 5.74) is 0. The second kappa shape index (κ2) is 11.9. The molecule has 0 fully saturated rings. The normalized spacial score (nSPS) is 10.8. The van der Waals surface area contributed by atoms with Gasteiger partial charge in [-0.1, -0.05) is 0 Å². The number of carbonyl (C=O) groups is 2. The Balaban J connectivity index is 0. The summed E-state index contributed by atoms with van der Waals surface area (Å²) in [5, 5.41) is 16.5. The van der Waals surface area contributed by atoms with E-state index in [-0.39, 0.29) is 31.3 Å². The van der Waals surface area contributed by atoms with Crippen LogP contribution in [0.25, 0.3) is 0 Å². The molecule has 1 atom stereocenters. The molecule has 0 saturated heterocycles. The van der Waals surface area contributed by atoms with Gasteiger partial charge in [0.1, 0.15) is 6.10 Å². The second-order valence-corrected chi connectivity index (χ2v) is 3.02. The predicted octanol–water partition coefficient (Wildman–Crippen LogP) is -0.138. The van der Waals surface area contributed by atoms with E-state index in [0.717, 1.165) is 0 Å². The van der Waals surface area contributed by atoms with Crippen LogP contribution in [0.5, 0.6) is 0 Å². The minimum absolute atomic E-state index is 0.0767. The Morgan fingerprint density at radius 2 is 1.75 bits per heavy atom. The molecule has 0 aromatic carbocycles. The number of ether oxygens (including phenoxy) is 2. The van der Waals surface area contributed by atoms with Crippen molar-refractivity contribution < 1.29 is 29.3 Å². The number of hydrogen-bond donors (Lipinski definition) is 2. The van der Waals surface area contributed by atoms with Gasteiger partial charge in [0, 0.05) is 26.9 Å². The number of rotatable bonds is 5. The van der Waals surface area contributed by atoms with Crippen molar-refractivity contribution in [1.29, 1.82) is 0 Å². The summed E-state index contributed by atoms with van der Waals surface area (Å²) in [6.07, 6.45) is 0.159. The van der Waals surface area contributed by atoms with E-state index in [4.69, 9.17) is 10.2 Å². The van der Waals surface area contributed by atoms with Crippen LogP contribution >= 0.6 is 0 Å². The van der Waals surface area contributed by atoms with Gasteiger partial charge in [-0.05, 0) is 6.92 Å². The highest BCUT2D eigenvalue weighted by Gasteiger charge is 2.00. The van der Waals surface area contributed by atoms with Crippen molar-refractivity contribution in [3.63, 3.8) is 0 Å². The van der Waals surface area contributed by atoms with E-state index in [0.29, 0.717) is 13.0 Å². The fourth-order valence-corrected chi connectivity index (χ4v) is 0.601. The van der Waals surface area contributed by atoms with Crippen LogP contribution in [0, 0.1) is 0 Å². The van der Waals surface area contributed by atoms with Gasteiger partial charge in [-0.25, -0.2) is 0 Å². The number of carbonyl (C=O) groups excluding carboxylic acids is 2. The van der Waals surface area contributed by atoms with Crippen molar-refractivity contribution in [1.82, 2.24) is 0 Å². The molecule has 0 aromatic heterocycles. The minimum atomic E-state index is -0.368. The van der Waals surface area contributed by atoms with Gasteiger partial charge in [0.15, 0.2) is 0 Å². The van der Waals surface area contributed by atoms with Crippen molar-refractivity contribution in [3.8, 4) is 0 Å². The molecule has 1 unspecified atom stereocenters. The first-order valence-electron chi connectivity index (χ1n) is 4.96. The first kappa shape index (κ1) is 17.3. The largest absolute Gasteiger partial charge is 0.466 e. The van der Waals surface area contributed by atoms with Crippen molar-refractivity contribution in [2.75, 3.05) is 19.8 Å². The maximum atomic E-state index is 10.1. The number of hydrogen-bond acceptors (Lipinski definition) is 6. The molecule has 0 aromatic rings. The molecule has 0 spiro atoms. The molecule has 6 nitrogen and oxygen atoms in total. The summed E-state index contributed by atoms with van der Waals surface area (Å²) < 4.78 is 8.99. The lowest BCUT2D eigenvalue weighted by Crippen LogP contribution is -2.15. The van der Waals surface area contributed by atoms with Crippen molar-refractivity contribution >= 4 is 11.9 Å². The molecule has 0 saturated carbocycles. The van der Waals surface area contributed by atoms with Crippen LogP contribution in [-0.4, -0.2) is 48.1 Å². The molecule has 6 heteroatoms. The Morgan fingerprint density at radius 3 is 2.00 bits per heavy atom. The summed E-state index contributed by atoms with van der Waals surface area (Å²) in [5.74, 6) is -0.648. The SMILES string of the molecule is CC(=O)OC(C)CO.CC(=O)OCCCO. The minimum Gasteiger partial charge on any atom is -0.466 e. The Hall–Kier alpha value is -1.14. The zero-order valence-corrected chi connectivity index (χ0v) is 9.93. The van der Waals surface area contributed by atoms with Gasteiger partial charge in [0.05, 0.1) is 13.2 Å². The van der Waals surface area contributed by atoms with Gasteiger partial charge in [-0.15, -0.1) is 0 Å². The molecule has 0 aliphatic carbocycles. The molecule has 0 amide bonds. The average Bonchev–Trinajstić information content (AvgIpc) is 2.17. The molecule has 16 heavy (non-hydrogen) atoms. The van der Waals surface area contributed by atoms with Crippen molar-refractivity contribution in [3.05, 3.63) is 0 Å². The van der Waals surface area contributed by atoms with E-state index >= 15 is 0 Å². The highest BCUT2D eigenvalue weighted by molar-refractivity contribution is 5.66. The van der Waals surface area contributed by atoms with E-state index < -0.39 is 0 Å².